The number of hydrogen-bond donors (Lipinski definition) is 1. The van der Waals surface area contributed by atoms with E-state index in [1.165, 1.54) is 6.26 Å². The second-order valence-electron chi connectivity index (χ2n) is 4.85. The standard InChI is InChI=1S/C12H19N3O2S2/c1-19(16,17)15-6-2-3-10(8-15)9-18-12-4-5-14-7-11(12)13/h4-5,7,10H,2-3,6,8-9,13H2,1H3. The van der Waals surface area contributed by atoms with Gasteiger partial charge in [0, 0.05) is 29.9 Å². The fourth-order valence-corrected chi connectivity index (χ4v) is 4.20. The van der Waals surface area contributed by atoms with Gasteiger partial charge in [-0.3, -0.25) is 4.98 Å². The van der Waals surface area contributed by atoms with Crippen LogP contribution in [0.1, 0.15) is 12.8 Å². The van der Waals surface area contributed by atoms with Crippen molar-refractivity contribution in [2.24, 2.45) is 5.92 Å². The van der Waals surface area contributed by atoms with E-state index >= 15 is 0 Å². The van der Waals surface area contributed by atoms with E-state index in [1.807, 2.05) is 6.07 Å². The molecule has 1 unspecified atom stereocenters. The Hall–Kier alpha value is -0.790. The number of hydrogen-bond acceptors (Lipinski definition) is 5. The van der Waals surface area contributed by atoms with Crippen molar-refractivity contribution in [3.05, 3.63) is 18.5 Å². The molecule has 1 aliphatic heterocycles. The molecule has 19 heavy (non-hydrogen) atoms. The topological polar surface area (TPSA) is 76.3 Å². The third kappa shape index (κ3) is 4.09. The molecule has 0 bridgehead atoms. The number of anilines is 1. The van der Waals surface area contributed by atoms with Gasteiger partial charge in [-0.25, -0.2) is 12.7 Å². The molecule has 0 aliphatic carbocycles. The van der Waals surface area contributed by atoms with E-state index in [2.05, 4.69) is 4.98 Å². The molecule has 1 aliphatic rings. The Morgan fingerprint density at radius 1 is 1.58 bits per heavy atom. The molecule has 2 heterocycles. The summed E-state index contributed by atoms with van der Waals surface area (Å²) in [4.78, 5) is 4.98. The molecular weight excluding hydrogens is 282 g/mol. The van der Waals surface area contributed by atoms with Gasteiger partial charge >= 0.3 is 0 Å². The van der Waals surface area contributed by atoms with E-state index in [0.717, 1.165) is 23.5 Å². The zero-order chi connectivity index (χ0) is 13.9. The lowest BCUT2D eigenvalue weighted by Crippen LogP contribution is -2.39. The van der Waals surface area contributed by atoms with Crippen LogP contribution in [0.15, 0.2) is 23.4 Å². The van der Waals surface area contributed by atoms with Crippen LogP contribution in [0.4, 0.5) is 5.69 Å². The molecular formula is C12H19N3O2S2. The molecule has 1 saturated heterocycles. The maximum Gasteiger partial charge on any atom is 0.211 e. The van der Waals surface area contributed by atoms with E-state index in [-0.39, 0.29) is 0 Å². The van der Waals surface area contributed by atoms with Gasteiger partial charge in [0.2, 0.25) is 10.0 Å². The number of nitrogen functional groups attached to an aromatic ring is 1. The number of sulfonamides is 1. The van der Waals surface area contributed by atoms with Gasteiger partial charge in [-0.2, -0.15) is 0 Å². The molecule has 1 aromatic heterocycles. The molecule has 106 valence electrons. The summed E-state index contributed by atoms with van der Waals surface area (Å²) in [5.41, 5.74) is 6.53. The highest BCUT2D eigenvalue weighted by molar-refractivity contribution is 7.99. The lowest BCUT2D eigenvalue weighted by molar-refractivity contribution is 0.286. The van der Waals surface area contributed by atoms with Crippen LogP contribution in [0.5, 0.6) is 0 Å². The molecule has 2 rings (SSSR count). The van der Waals surface area contributed by atoms with Crippen molar-refractivity contribution in [3.8, 4) is 0 Å². The van der Waals surface area contributed by atoms with Crippen molar-refractivity contribution in [2.45, 2.75) is 17.7 Å². The van der Waals surface area contributed by atoms with Crippen LogP contribution in [0.2, 0.25) is 0 Å². The summed E-state index contributed by atoms with van der Waals surface area (Å²) in [6, 6.07) is 1.90. The number of piperidine rings is 1. The third-order valence-corrected chi connectivity index (χ3v) is 5.83. The SMILES string of the molecule is CS(=O)(=O)N1CCCC(CSc2ccncc2N)C1. The number of thioether (sulfide) groups is 1. The maximum absolute atomic E-state index is 11.6. The van der Waals surface area contributed by atoms with Crippen molar-refractivity contribution in [1.29, 1.82) is 0 Å². The van der Waals surface area contributed by atoms with E-state index in [4.69, 9.17) is 5.73 Å². The van der Waals surface area contributed by atoms with Gasteiger partial charge in [0.1, 0.15) is 0 Å². The van der Waals surface area contributed by atoms with Crippen molar-refractivity contribution in [3.63, 3.8) is 0 Å². The van der Waals surface area contributed by atoms with Gasteiger partial charge in [-0.1, -0.05) is 0 Å². The number of aromatic nitrogens is 1. The zero-order valence-electron chi connectivity index (χ0n) is 10.9. The Labute approximate surface area is 118 Å². The summed E-state index contributed by atoms with van der Waals surface area (Å²) in [5.74, 6) is 1.28. The van der Waals surface area contributed by atoms with Gasteiger partial charge in [0.15, 0.2) is 0 Å². The highest BCUT2D eigenvalue weighted by atomic mass is 32.2. The summed E-state index contributed by atoms with van der Waals surface area (Å²) in [6.07, 6.45) is 6.66. The van der Waals surface area contributed by atoms with E-state index in [1.54, 1.807) is 28.5 Å². The summed E-state index contributed by atoms with van der Waals surface area (Å²) in [7, 11) is -3.06. The Morgan fingerprint density at radius 3 is 3.05 bits per heavy atom. The first-order valence-electron chi connectivity index (χ1n) is 6.24. The highest BCUT2D eigenvalue weighted by Gasteiger charge is 2.25. The minimum atomic E-state index is -3.06. The van der Waals surface area contributed by atoms with Crippen LogP contribution in [-0.2, 0) is 10.0 Å². The second-order valence-corrected chi connectivity index (χ2v) is 7.90. The molecule has 0 saturated carbocycles. The first-order chi connectivity index (χ1) is 8.97. The van der Waals surface area contributed by atoms with E-state index < -0.39 is 10.0 Å². The maximum atomic E-state index is 11.6. The molecule has 7 heteroatoms. The first-order valence-corrected chi connectivity index (χ1v) is 9.07. The Kier molecular flexibility index (Phi) is 4.70. The quantitative estimate of drug-likeness (QED) is 0.851. The molecule has 0 amide bonds. The number of nitrogens with two attached hydrogens (primary N) is 1. The molecule has 5 nitrogen and oxygen atoms in total. The minimum absolute atomic E-state index is 0.390. The molecule has 0 radical (unpaired) electrons. The number of nitrogens with zero attached hydrogens (tertiary/aromatic N) is 2. The summed E-state index contributed by atoms with van der Waals surface area (Å²) >= 11 is 1.68. The summed E-state index contributed by atoms with van der Waals surface area (Å²) in [5, 5.41) is 0. The monoisotopic (exact) mass is 301 g/mol. The Balaban J connectivity index is 1.92. The van der Waals surface area contributed by atoms with Crippen LogP contribution >= 0.6 is 11.8 Å². The Morgan fingerprint density at radius 2 is 2.37 bits per heavy atom. The van der Waals surface area contributed by atoms with Crippen molar-refractivity contribution >= 4 is 27.5 Å². The average Bonchev–Trinajstić information content (AvgIpc) is 2.37. The van der Waals surface area contributed by atoms with Gasteiger partial charge in [-0.05, 0) is 24.8 Å². The smallest absolute Gasteiger partial charge is 0.211 e. The fraction of sp³-hybridized carbons (Fsp3) is 0.583. The summed E-state index contributed by atoms with van der Waals surface area (Å²) in [6.45, 7) is 1.27. The predicted molar refractivity (Wildman–Crippen MR) is 78.5 cm³/mol. The molecule has 1 fully saturated rings. The molecule has 1 atom stereocenters. The fourth-order valence-electron chi connectivity index (χ4n) is 2.20. The predicted octanol–water partition coefficient (Wildman–Crippen LogP) is 1.43. The van der Waals surface area contributed by atoms with Crippen molar-refractivity contribution in [2.75, 3.05) is 30.8 Å². The van der Waals surface area contributed by atoms with Crippen LogP contribution in [0.25, 0.3) is 0 Å². The van der Waals surface area contributed by atoms with Gasteiger partial charge in [-0.15, -0.1) is 11.8 Å². The largest absolute Gasteiger partial charge is 0.397 e. The number of rotatable bonds is 4. The third-order valence-electron chi connectivity index (χ3n) is 3.24. The second kappa shape index (κ2) is 6.11. The molecule has 0 spiro atoms. The molecule has 2 N–H and O–H groups in total. The lowest BCUT2D eigenvalue weighted by Gasteiger charge is -2.30. The number of pyridine rings is 1. The Bertz CT molecular complexity index is 534. The lowest BCUT2D eigenvalue weighted by atomic mass is 10.0. The van der Waals surface area contributed by atoms with Crippen molar-refractivity contribution < 1.29 is 8.42 Å². The van der Waals surface area contributed by atoms with Gasteiger partial charge < -0.3 is 5.73 Å². The van der Waals surface area contributed by atoms with Crippen molar-refractivity contribution in [1.82, 2.24) is 9.29 Å². The van der Waals surface area contributed by atoms with Crippen LogP contribution < -0.4 is 5.73 Å². The van der Waals surface area contributed by atoms with E-state index in [0.29, 0.717) is 24.7 Å². The molecule has 1 aromatic rings. The molecule has 0 aromatic carbocycles. The summed E-state index contributed by atoms with van der Waals surface area (Å²) < 4.78 is 24.7. The van der Waals surface area contributed by atoms with Crippen LogP contribution in [0, 0.1) is 5.92 Å². The zero-order valence-corrected chi connectivity index (χ0v) is 12.6. The average molecular weight is 301 g/mol. The normalized spacial score (nSPS) is 21.4. The van der Waals surface area contributed by atoms with Crippen LogP contribution in [-0.4, -0.2) is 42.8 Å². The van der Waals surface area contributed by atoms with Gasteiger partial charge in [0.25, 0.3) is 0 Å². The van der Waals surface area contributed by atoms with Crippen LogP contribution in [0.3, 0.4) is 0 Å². The van der Waals surface area contributed by atoms with Gasteiger partial charge in [0.05, 0.1) is 18.1 Å². The highest BCUT2D eigenvalue weighted by Crippen LogP contribution is 2.29. The van der Waals surface area contributed by atoms with E-state index in [9.17, 15) is 8.42 Å². The first kappa shape index (κ1) is 14.6. The minimum Gasteiger partial charge on any atom is -0.397 e.